The highest BCUT2D eigenvalue weighted by atomic mass is 15.4. The quantitative estimate of drug-likeness (QED) is 0.748. The van der Waals surface area contributed by atoms with Crippen molar-refractivity contribution in [2.45, 2.75) is 39.9 Å². The summed E-state index contributed by atoms with van der Waals surface area (Å²) in [6, 6.07) is 9.07. The van der Waals surface area contributed by atoms with Crippen LogP contribution >= 0.6 is 0 Å². The van der Waals surface area contributed by atoms with Crippen molar-refractivity contribution in [1.29, 1.82) is 0 Å². The Balaban J connectivity index is 2.26. The van der Waals surface area contributed by atoms with E-state index in [0.717, 1.165) is 0 Å². The molecule has 0 aliphatic carbocycles. The summed E-state index contributed by atoms with van der Waals surface area (Å²) in [5, 5.41) is 0. The molecular formula is C14H20N2. The minimum Gasteiger partial charge on any atom is -0.353 e. The van der Waals surface area contributed by atoms with Gasteiger partial charge >= 0.3 is 0 Å². The molecule has 0 spiro atoms. The number of benzene rings is 1. The molecule has 0 radical (unpaired) electrons. The average molecular weight is 216 g/mol. The van der Waals surface area contributed by atoms with Gasteiger partial charge in [0.2, 0.25) is 0 Å². The molecule has 86 valence electrons. The minimum absolute atomic E-state index is 0.404. The van der Waals surface area contributed by atoms with Gasteiger partial charge in [-0.25, -0.2) is 0 Å². The average Bonchev–Trinajstić information content (AvgIpc) is 2.61. The monoisotopic (exact) mass is 216 g/mol. The van der Waals surface area contributed by atoms with Gasteiger partial charge in [0, 0.05) is 24.1 Å². The van der Waals surface area contributed by atoms with Crippen LogP contribution < -0.4 is 4.90 Å². The smallest absolute Gasteiger partial charge is 0.103 e. The molecule has 0 aromatic heterocycles. The molecule has 0 amide bonds. The van der Waals surface area contributed by atoms with Gasteiger partial charge in [-0.1, -0.05) is 18.2 Å². The largest absolute Gasteiger partial charge is 0.353 e. The van der Waals surface area contributed by atoms with Crippen molar-refractivity contribution < 1.29 is 0 Å². The van der Waals surface area contributed by atoms with E-state index in [1.807, 2.05) is 0 Å². The first-order valence-corrected chi connectivity index (χ1v) is 5.91. The zero-order chi connectivity index (χ0) is 11.7. The highest BCUT2D eigenvalue weighted by Crippen LogP contribution is 2.28. The van der Waals surface area contributed by atoms with Crippen LogP contribution in [0.1, 0.15) is 26.3 Å². The van der Waals surface area contributed by atoms with Crippen LogP contribution in [0.3, 0.4) is 0 Å². The third kappa shape index (κ3) is 1.80. The Labute approximate surface area is 98.2 Å². The number of aryl methyl sites for hydroxylation is 1. The van der Waals surface area contributed by atoms with Crippen molar-refractivity contribution in [2.24, 2.45) is 0 Å². The number of hydrogen-bond donors (Lipinski definition) is 0. The number of hydrogen-bond acceptors (Lipinski definition) is 2. The first kappa shape index (κ1) is 11.1. The predicted molar refractivity (Wildman–Crippen MR) is 69.2 cm³/mol. The third-order valence-electron chi connectivity index (χ3n) is 3.22. The number of para-hydroxylation sites is 1. The second-order valence-electron chi connectivity index (χ2n) is 4.66. The number of nitrogens with zero attached hydrogens (tertiary/aromatic N) is 2. The summed E-state index contributed by atoms with van der Waals surface area (Å²) < 4.78 is 0. The molecular weight excluding hydrogens is 196 g/mol. The molecule has 0 N–H and O–H groups in total. The van der Waals surface area contributed by atoms with Gasteiger partial charge in [-0.3, -0.25) is 0 Å². The lowest BCUT2D eigenvalue weighted by Gasteiger charge is -2.33. The van der Waals surface area contributed by atoms with Gasteiger partial charge in [-0.2, -0.15) is 0 Å². The summed E-state index contributed by atoms with van der Waals surface area (Å²) >= 11 is 0. The molecule has 1 aliphatic heterocycles. The zero-order valence-corrected chi connectivity index (χ0v) is 10.5. The molecule has 2 nitrogen and oxygen atoms in total. The maximum atomic E-state index is 2.37. The molecule has 0 bridgehead atoms. The van der Waals surface area contributed by atoms with E-state index in [4.69, 9.17) is 0 Å². The predicted octanol–water partition coefficient (Wildman–Crippen LogP) is 3.34. The van der Waals surface area contributed by atoms with E-state index in [2.05, 4.69) is 74.2 Å². The first-order valence-electron chi connectivity index (χ1n) is 5.91. The van der Waals surface area contributed by atoms with Gasteiger partial charge in [-0.15, -0.1) is 0 Å². The van der Waals surface area contributed by atoms with E-state index >= 15 is 0 Å². The van der Waals surface area contributed by atoms with Crippen LogP contribution in [0, 0.1) is 6.92 Å². The van der Waals surface area contributed by atoms with Gasteiger partial charge in [0.25, 0.3) is 0 Å². The molecule has 1 aromatic carbocycles. The fraction of sp³-hybridized carbons (Fsp3) is 0.429. The molecule has 0 saturated carbocycles. The second kappa shape index (κ2) is 4.20. The van der Waals surface area contributed by atoms with Gasteiger partial charge in [0.1, 0.15) is 6.17 Å². The van der Waals surface area contributed by atoms with Crippen LogP contribution in [0.25, 0.3) is 0 Å². The van der Waals surface area contributed by atoms with Crippen LogP contribution in [-0.4, -0.2) is 17.1 Å². The Hall–Kier alpha value is -1.44. The molecule has 0 fully saturated rings. The van der Waals surface area contributed by atoms with Crippen LogP contribution in [0.4, 0.5) is 5.69 Å². The van der Waals surface area contributed by atoms with Gasteiger partial charge in [0.05, 0.1) is 0 Å². The highest BCUT2D eigenvalue weighted by Gasteiger charge is 2.25. The Morgan fingerprint density at radius 2 is 1.81 bits per heavy atom. The van der Waals surface area contributed by atoms with Crippen LogP contribution in [-0.2, 0) is 0 Å². The second-order valence-corrected chi connectivity index (χ2v) is 4.66. The van der Waals surface area contributed by atoms with E-state index in [9.17, 15) is 0 Å². The summed E-state index contributed by atoms with van der Waals surface area (Å²) in [6.07, 6.45) is 4.76. The summed E-state index contributed by atoms with van der Waals surface area (Å²) in [7, 11) is 0. The molecule has 0 unspecified atom stereocenters. The minimum atomic E-state index is 0.404. The number of rotatable bonds is 2. The molecule has 1 atom stereocenters. The molecule has 2 rings (SSSR count). The molecule has 1 aromatic rings. The van der Waals surface area contributed by atoms with Crippen molar-refractivity contribution >= 4 is 5.69 Å². The maximum Gasteiger partial charge on any atom is 0.103 e. The highest BCUT2D eigenvalue weighted by molar-refractivity contribution is 5.56. The lowest BCUT2D eigenvalue weighted by Crippen LogP contribution is -2.39. The van der Waals surface area contributed by atoms with E-state index in [-0.39, 0.29) is 0 Å². The Bertz CT molecular complexity index is 395. The molecule has 1 aliphatic rings. The van der Waals surface area contributed by atoms with Crippen LogP contribution in [0.2, 0.25) is 0 Å². The van der Waals surface area contributed by atoms with Crippen molar-refractivity contribution in [3.63, 3.8) is 0 Å². The van der Waals surface area contributed by atoms with Crippen LogP contribution in [0.5, 0.6) is 0 Å². The van der Waals surface area contributed by atoms with Gasteiger partial charge in [-0.05, 0) is 39.3 Å². The van der Waals surface area contributed by atoms with E-state index in [1.54, 1.807) is 0 Å². The molecule has 2 heteroatoms. The zero-order valence-electron chi connectivity index (χ0n) is 10.5. The molecule has 0 saturated heterocycles. The van der Waals surface area contributed by atoms with Gasteiger partial charge in [0.15, 0.2) is 0 Å². The lowest BCUT2D eigenvalue weighted by molar-refractivity contribution is 0.263. The van der Waals surface area contributed by atoms with Crippen LogP contribution in [0.15, 0.2) is 36.7 Å². The maximum absolute atomic E-state index is 2.37. The normalized spacial score (nSPS) is 19.9. The number of anilines is 1. The summed E-state index contributed by atoms with van der Waals surface area (Å²) in [4.78, 5) is 4.70. The lowest BCUT2D eigenvalue weighted by atomic mass is 10.2. The van der Waals surface area contributed by atoms with E-state index in [1.165, 1.54) is 11.3 Å². The summed E-state index contributed by atoms with van der Waals surface area (Å²) in [5.41, 5.74) is 2.62. The van der Waals surface area contributed by atoms with Crippen molar-refractivity contribution in [3.8, 4) is 0 Å². The van der Waals surface area contributed by atoms with Crippen molar-refractivity contribution in [3.05, 3.63) is 42.2 Å². The Morgan fingerprint density at radius 1 is 1.12 bits per heavy atom. The summed E-state index contributed by atoms with van der Waals surface area (Å²) in [6.45, 7) is 8.85. The first-order chi connectivity index (χ1) is 7.61. The standard InChI is InChI=1S/C14H20N2/c1-11(2)15-9-10-16(13(15)4)14-8-6-5-7-12(14)3/h5-11,13H,1-4H3/t13-/m0/s1. The molecule has 16 heavy (non-hydrogen) atoms. The molecule has 1 heterocycles. The van der Waals surface area contributed by atoms with Gasteiger partial charge < -0.3 is 9.80 Å². The third-order valence-corrected chi connectivity index (χ3v) is 3.22. The topological polar surface area (TPSA) is 6.48 Å². The SMILES string of the molecule is Cc1ccccc1N1C=CN(C(C)C)[C@@H]1C. The van der Waals surface area contributed by atoms with Crippen molar-refractivity contribution in [2.75, 3.05) is 4.90 Å². The van der Waals surface area contributed by atoms with E-state index < -0.39 is 0 Å². The van der Waals surface area contributed by atoms with E-state index in [0.29, 0.717) is 12.2 Å². The fourth-order valence-corrected chi connectivity index (χ4v) is 2.28. The summed E-state index contributed by atoms with van der Waals surface area (Å²) in [5.74, 6) is 0. The Kier molecular flexibility index (Phi) is 2.90. The fourth-order valence-electron chi connectivity index (χ4n) is 2.28. The van der Waals surface area contributed by atoms with Crippen molar-refractivity contribution in [1.82, 2.24) is 4.90 Å². The Morgan fingerprint density at radius 3 is 2.38 bits per heavy atom.